The van der Waals surface area contributed by atoms with Gasteiger partial charge in [-0.25, -0.2) is 18.7 Å². The minimum atomic E-state index is -1.45. The Morgan fingerprint density at radius 3 is 2.00 bits per heavy atom. The van der Waals surface area contributed by atoms with Gasteiger partial charge in [0.05, 0.1) is 39.0 Å². The highest BCUT2D eigenvalue weighted by atomic mass is 35.5. The molecule has 1 fully saturated rings. The van der Waals surface area contributed by atoms with Crippen molar-refractivity contribution in [3.05, 3.63) is 82.3 Å². The Morgan fingerprint density at radius 2 is 1.49 bits per heavy atom. The van der Waals surface area contributed by atoms with E-state index in [4.69, 9.17) is 37.4 Å². The van der Waals surface area contributed by atoms with E-state index in [9.17, 15) is 9.90 Å². The third-order valence-corrected chi connectivity index (χ3v) is 8.66. The van der Waals surface area contributed by atoms with Gasteiger partial charge in [0.1, 0.15) is 0 Å². The Morgan fingerprint density at radius 1 is 0.911 bits per heavy atom. The Labute approximate surface area is 273 Å². The number of rotatable bonds is 13. The predicted octanol–water partition coefficient (Wildman–Crippen LogP) is 9.48. The lowest BCUT2D eigenvalue weighted by molar-refractivity contribution is -0.138. The Kier molecular flexibility index (Phi) is 10.7. The quantitative estimate of drug-likeness (QED) is 0.140. The summed E-state index contributed by atoms with van der Waals surface area (Å²) in [4.78, 5) is 20.4. The van der Waals surface area contributed by atoms with Crippen molar-refractivity contribution in [1.82, 2.24) is 9.97 Å². The highest BCUT2D eigenvalue weighted by Gasteiger charge is 2.24. The number of carbonyl (C=O) groups is 1. The summed E-state index contributed by atoms with van der Waals surface area (Å²) in [7, 11) is 0. The molecule has 0 aliphatic heterocycles. The molecule has 0 bridgehead atoms. The highest BCUT2D eigenvalue weighted by Crippen LogP contribution is 2.39. The first-order chi connectivity index (χ1) is 21.5. The van der Waals surface area contributed by atoms with Crippen LogP contribution in [0.5, 0.6) is 17.4 Å². The number of carboxylic acids is 1. The lowest BCUT2D eigenvalue weighted by Gasteiger charge is -2.24. The minimum absolute atomic E-state index is 0.0933. The van der Waals surface area contributed by atoms with E-state index in [1.165, 1.54) is 30.7 Å². The minimum Gasteiger partial charge on any atom is -0.481 e. The van der Waals surface area contributed by atoms with Crippen LogP contribution in [0.2, 0.25) is 10.0 Å². The van der Waals surface area contributed by atoms with Crippen LogP contribution >= 0.6 is 35.0 Å². The molecule has 12 heteroatoms. The summed E-state index contributed by atoms with van der Waals surface area (Å²) < 4.78 is 47.9. The number of carboxylic acid groups (broad SMARTS) is 1. The SMILES string of the molecule is CC(C)Oc1cccc(-c2cc(F)c(OC(CCC(=O)O)Oc3c(F)cc(-c4cccc(SC5CCC5)n4)cc3Cl)c(Cl)c2)n1. The number of halogens is 4. The Balaban J connectivity index is 1.37. The lowest BCUT2D eigenvalue weighted by Crippen LogP contribution is -2.26. The summed E-state index contributed by atoms with van der Waals surface area (Å²) in [5, 5.41) is 10.4. The number of hydrogen-bond acceptors (Lipinski definition) is 7. The lowest BCUT2D eigenvalue weighted by atomic mass is 10.0. The van der Waals surface area contributed by atoms with Gasteiger partial charge in [-0.1, -0.05) is 41.8 Å². The van der Waals surface area contributed by atoms with Crippen molar-refractivity contribution < 1.29 is 32.9 Å². The molecule has 0 spiro atoms. The molecule has 236 valence electrons. The molecule has 1 aliphatic rings. The fraction of sp³-hybridized carbons (Fsp3) is 0.303. The van der Waals surface area contributed by atoms with Gasteiger partial charge in [0.2, 0.25) is 12.2 Å². The second kappa shape index (κ2) is 14.7. The molecule has 0 radical (unpaired) electrons. The summed E-state index contributed by atoms with van der Waals surface area (Å²) in [6, 6.07) is 15.9. The van der Waals surface area contributed by atoms with Crippen LogP contribution in [0.3, 0.4) is 0 Å². The molecular weight excluding hydrogens is 645 g/mol. The molecule has 1 aliphatic carbocycles. The smallest absolute Gasteiger partial charge is 0.303 e. The van der Waals surface area contributed by atoms with Crippen LogP contribution in [-0.2, 0) is 4.79 Å². The topological polar surface area (TPSA) is 90.8 Å². The second-order valence-corrected chi connectivity index (χ2v) is 12.8. The molecule has 1 unspecified atom stereocenters. The van der Waals surface area contributed by atoms with Crippen LogP contribution < -0.4 is 14.2 Å². The maximum Gasteiger partial charge on any atom is 0.303 e. The Hall–Kier alpha value is -3.60. The van der Waals surface area contributed by atoms with E-state index in [0.717, 1.165) is 17.9 Å². The molecule has 0 saturated heterocycles. The maximum absolute atomic E-state index is 15.4. The van der Waals surface area contributed by atoms with Crippen molar-refractivity contribution in [3.8, 4) is 39.9 Å². The molecule has 7 nitrogen and oxygen atoms in total. The van der Waals surface area contributed by atoms with Gasteiger partial charge in [-0.3, -0.25) is 4.79 Å². The maximum atomic E-state index is 15.4. The first-order valence-corrected chi connectivity index (χ1v) is 16.0. The van der Waals surface area contributed by atoms with E-state index in [1.807, 2.05) is 26.0 Å². The molecule has 5 rings (SSSR count). The molecule has 1 N–H and O–H groups in total. The number of thioether (sulfide) groups is 1. The number of benzene rings is 2. The molecule has 2 heterocycles. The van der Waals surface area contributed by atoms with Crippen molar-refractivity contribution >= 4 is 40.9 Å². The van der Waals surface area contributed by atoms with Crippen molar-refractivity contribution in [2.24, 2.45) is 0 Å². The van der Waals surface area contributed by atoms with Gasteiger partial charge in [-0.15, -0.1) is 11.8 Å². The summed E-state index contributed by atoms with van der Waals surface area (Å²) in [6.07, 6.45) is 1.27. The zero-order chi connectivity index (χ0) is 32.1. The van der Waals surface area contributed by atoms with Crippen molar-refractivity contribution in [2.45, 2.75) is 68.6 Å². The average Bonchev–Trinajstić information content (AvgIpc) is 2.96. The summed E-state index contributed by atoms with van der Waals surface area (Å²) in [5.41, 5.74) is 1.74. The highest BCUT2D eigenvalue weighted by molar-refractivity contribution is 7.99. The molecule has 45 heavy (non-hydrogen) atoms. The third kappa shape index (κ3) is 8.56. The van der Waals surface area contributed by atoms with Crippen LogP contribution in [0.15, 0.2) is 65.7 Å². The zero-order valence-corrected chi connectivity index (χ0v) is 26.8. The van der Waals surface area contributed by atoms with E-state index in [0.29, 0.717) is 33.6 Å². The first-order valence-electron chi connectivity index (χ1n) is 14.4. The van der Waals surface area contributed by atoms with E-state index in [2.05, 4.69) is 9.97 Å². The van der Waals surface area contributed by atoms with Crippen molar-refractivity contribution in [1.29, 1.82) is 0 Å². The van der Waals surface area contributed by atoms with E-state index in [1.54, 1.807) is 36.0 Å². The number of ether oxygens (including phenoxy) is 3. The van der Waals surface area contributed by atoms with Crippen molar-refractivity contribution in [2.75, 3.05) is 0 Å². The van der Waals surface area contributed by atoms with Gasteiger partial charge in [-0.05, 0) is 69.2 Å². The summed E-state index contributed by atoms with van der Waals surface area (Å²) >= 11 is 14.6. The molecule has 1 saturated carbocycles. The van der Waals surface area contributed by atoms with Gasteiger partial charge in [0.25, 0.3) is 0 Å². The van der Waals surface area contributed by atoms with Gasteiger partial charge in [0, 0.05) is 28.9 Å². The normalized spacial score (nSPS) is 13.8. The number of hydrogen-bond donors (Lipinski definition) is 1. The molecule has 2 aromatic heterocycles. The third-order valence-electron chi connectivity index (χ3n) is 6.82. The fourth-order valence-electron chi connectivity index (χ4n) is 4.47. The van der Waals surface area contributed by atoms with E-state index in [-0.39, 0.29) is 28.3 Å². The van der Waals surface area contributed by atoms with Crippen LogP contribution in [0.4, 0.5) is 8.78 Å². The summed E-state index contributed by atoms with van der Waals surface area (Å²) in [6.45, 7) is 3.72. The van der Waals surface area contributed by atoms with Gasteiger partial charge in [0.15, 0.2) is 23.1 Å². The molecule has 0 amide bonds. The summed E-state index contributed by atoms with van der Waals surface area (Å²) in [5.74, 6) is -3.25. The largest absolute Gasteiger partial charge is 0.481 e. The molecule has 2 aromatic carbocycles. The molecular formula is C33H30Cl2F2N2O5S. The predicted molar refractivity (Wildman–Crippen MR) is 170 cm³/mol. The van der Waals surface area contributed by atoms with Crippen molar-refractivity contribution in [3.63, 3.8) is 0 Å². The number of aliphatic carboxylic acids is 1. The average molecular weight is 676 g/mol. The van der Waals surface area contributed by atoms with Crippen LogP contribution in [-0.4, -0.2) is 38.7 Å². The van der Waals surface area contributed by atoms with Gasteiger partial charge in [-0.2, -0.15) is 0 Å². The number of aromatic nitrogens is 2. The first kappa shape index (κ1) is 32.8. The van der Waals surface area contributed by atoms with Gasteiger partial charge >= 0.3 is 5.97 Å². The van der Waals surface area contributed by atoms with Crippen LogP contribution in [0.25, 0.3) is 22.5 Å². The van der Waals surface area contributed by atoms with E-state index >= 15 is 8.78 Å². The number of pyridine rings is 2. The van der Waals surface area contributed by atoms with Crippen LogP contribution in [0.1, 0.15) is 46.0 Å². The standard InChI is InChI=1S/C33H30Cl2F2N2O5S/c1-18(2)42-28-10-4-8-26(38-28)19-14-22(34)32(24(36)16-19)43-31(13-12-30(40)41)44-33-23(35)15-20(17-25(33)37)27-9-5-11-29(39-27)45-21-6-3-7-21/h4-5,8-11,14-18,21,31H,3,6-7,12-13H2,1-2H3,(H,40,41). The van der Waals surface area contributed by atoms with Crippen LogP contribution in [0, 0.1) is 11.6 Å². The second-order valence-electron chi connectivity index (χ2n) is 10.7. The fourth-order valence-corrected chi connectivity index (χ4v) is 6.19. The zero-order valence-electron chi connectivity index (χ0n) is 24.4. The molecule has 4 aromatic rings. The Bertz CT molecular complexity index is 1640. The monoisotopic (exact) mass is 674 g/mol. The molecule has 1 atom stereocenters. The number of nitrogens with zero attached hydrogens (tertiary/aromatic N) is 2. The van der Waals surface area contributed by atoms with Gasteiger partial charge < -0.3 is 19.3 Å². The van der Waals surface area contributed by atoms with E-state index < -0.39 is 36.1 Å².